The second-order valence-corrected chi connectivity index (χ2v) is 9.31. The first-order chi connectivity index (χ1) is 16.4. The van der Waals surface area contributed by atoms with Gasteiger partial charge in [-0.25, -0.2) is 9.18 Å². The molecule has 1 aliphatic heterocycles. The lowest BCUT2D eigenvalue weighted by Gasteiger charge is -2.14. The number of fused-ring (bicyclic) bond motifs is 2. The van der Waals surface area contributed by atoms with Crippen molar-refractivity contribution in [2.24, 2.45) is 0 Å². The number of rotatable bonds is 4. The molecule has 0 spiro atoms. The Balaban J connectivity index is 1.44. The van der Waals surface area contributed by atoms with Crippen molar-refractivity contribution >= 4 is 55.8 Å². The van der Waals surface area contributed by atoms with Gasteiger partial charge < -0.3 is 20.3 Å². The molecule has 0 radical (unpaired) electrons. The van der Waals surface area contributed by atoms with Gasteiger partial charge in [0, 0.05) is 37.1 Å². The molecule has 0 saturated carbocycles. The normalized spacial score (nSPS) is 18.1. The zero-order valence-corrected chi connectivity index (χ0v) is 19.8. The Morgan fingerprint density at radius 3 is 2.76 bits per heavy atom. The number of hydrogen-bond donors (Lipinski definition) is 2. The van der Waals surface area contributed by atoms with E-state index < -0.39 is 12.3 Å². The molecule has 1 fully saturated rings. The average Bonchev–Trinajstić information content (AvgIpc) is 3.52. The van der Waals surface area contributed by atoms with Gasteiger partial charge in [-0.15, -0.1) is 11.3 Å². The first-order valence-electron chi connectivity index (χ1n) is 10.9. The third kappa shape index (κ3) is 3.78. The third-order valence-electron chi connectivity index (χ3n) is 6.09. The summed E-state index contributed by atoms with van der Waals surface area (Å²) < 4.78 is 21.7. The Hall–Kier alpha value is -3.50. The minimum atomic E-state index is -1.18. The number of likely N-dealkylation sites (tertiary alicyclic amines) is 1. The summed E-state index contributed by atoms with van der Waals surface area (Å²) in [6.45, 7) is 2.15. The van der Waals surface area contributed by atoms with Gasteiger partial charge in [-0.3, -0.25) is 14.3 Å². The summed E-state index contributed by atoms with van der Waals surface area (Å²) in [7, 11) is 3.06. The number of nitrogens with one attached hydrogen (secondary N) is 2. The van der Waals surface area contributed by atoms with Gasteiger partial charge in [0.05, 0.1) is 39.4 Å². The van der Waals surface area contributed by atoms with E-state index in [0.717, 1.165) is 32.7 Å². The number of methoxy groups -OCH3 is 1. The minimum Gasteiger partial charge on any atom is -0.377 e. The smallest absolute Gasteiger partial charge is 0.325 e. The number of carbonyl (C=O) groups is 2. The summed E-state index contributed by atoms with van der Waals surface area (Å²) in [5.74, 6) is -0.219. The second kappa shape index (κ2) is 8.69. The number of pyridine rings is 1. The van der Waals surface area contributed by atoms with Crippen molar-refractivity contribution in [1.29, 1.82) is 0 Å². The van der Waals surface area contributed by atoms with Gasteiger partial charge in [-0.2, -0.15) is 0 Å². The van der Waals surface area contributed by atoms with Crippen LogP contribution in [0.2, 0.25) is 0 Å². The van der Waals surface area contributed by atoms with Gasteiger partial charge >= 0.3 is 6.03 Å². The number of nitrogens with zero attached hydrogens (tertiary/aromatic N) is 3. The van der Waals surface area contributed by atoms with Crippen LogP contribution in [0.5, 0.6) is 0 Å². The maximum atomic E-state index is 14.1. The van der Waals surface area contributed by atoms with Gasteiger partial charge in [0.15, 0.2) is 0 Å². The molecule has 8 nitrogen and oxygen atoms in total. The van der Waals surface area contributed by atoms with Crippen LogP contribution in [0.15, 0.2) is 42.6 Å². The number of hydrogen-bond acceptors (Lipinski definition) is 6. The summed E-state index contributed by atoms with van der Waals surface area (Å²) in [6.07, 6.45) is -0.0915. The molecule has 5 rings (SSSR count). The van der Waals surface area contributed by atoms with Crippen LogP contribution in [0.3, 0.4) is 0 Å². The third-order valence-corrected chi connectivity index (χ3v) is 7.24. The van der Waals surface area contributed by atoms with E-state index in [1.807, 2.05) is 37.3 Å². The first kappa shape index (κ1) is 22.3. The molecule has 0 aliphatic carbocycles. The minimum absolute atomic E-state index is 0.0270. The lowest BCUT2D eigenvalue weighted by atomic mass is 10.2. The largest absolute Gasteiger partial charge is 0.377 e. The van der Waals surface area contributed by atoms with Gasteiger partial charge in [0.2, 0.25) is 0 Å². The molecule has 176 valence electrons. The van der Waals surface area contributed by atoms with Crippen LogP contribution in [0.1, 0.15) is 15.4 Å². The predicted octanol–water partition coefficient (Wildman–Crippen LogP) is 4.30. The van der Waals surface area contributed by atoms with E-state index in [4.69, 9.17) is 4.74 Å². The highest BCUT2D eigenvalue weighted by atomic mass is 32.1. The van der Waals surface area contributed by atoms with Gasteiger partial charge in [-0.05, 0) is 43.3 Å². The van der Waals surface area contributed by atoms with E-state index in [1.54, 1.807) is 23.9 Å². The Kier molecular flexibility index (Phi) is 5.70. The summed E-state index contributed by atoms with van der Waals surface area (Å²) in [5.41, 5.74) is 4.01. The molecule has 10 heteroatoms. The topological polar surface area (TPSA) is 88.5 Å². The van der Waals surface area contributed by atoms with Crippen LogP contribution in [-0.2, 0) is 4.74 Å². The molecule has 34 heavy (non-hydrogen) atoms. The fraction of sp³-hybridized carbons (Fsp3) is 0.292. The molecule has 0 bridgehead atoms. The van der Waals surface area contributed by atoms with Crippen molar-refractivity contribution in [1.82, 2.24) is 19.8 Å². The number of halogens is 1. The highest BCUT2D eigenvalue weighted by Crippen LogP contribution is 2.34. The molecule has 1 aromatic carbocycles. The number of carbonyl (C=O) groups excluding carboxylic acids is 2. The monoisotopic (exact) mass is 481 g/mol. The van der Waals surface area contributed by atoms with Crippen LogP contribution in [0.4, 0.5) is 20.6 Å². The molecule has 1 aliphatic rings. The molecule has 4 heterocycles. The number of aromatic nitrogens is 2. The van der Waals surface area contributed by atoms with E-state index in [0.29, 0.717) is 10.4 Å². The molecular formula is C24H24FN5O3S. The second-order valence-electron chi connectivity index (χ2n) is 8.26. The predicted molar refractivity (Wildman–Crippen MR) is 131 cm³/mol. The lowest BCUT2D eigenvalue weighted by molar-refractivity contribution is 0.0596. The van der Waals surface area contributed by atoms with Crippen LogP contribution in [0, 0.1) is 6.92 Å². The maximum Gasteiger partial charge on any atom is 0.325 e. The highest BCUT2D eigenvalue weighted by Gasteiger charge is 2.36. The quantitative estimate of drug-likeness (QED) is 0.454. The zero-order chi connectivity index (χ0) is 24.0. The molecule has 2 N–H and O–H groups in total. The van der Waals surface area contributed by atoms with Crippen molar-refractivity contribution in [3.63, 3.8) is 0 Å². The molecule has 1 unspecified atom stereocenters. The van der Waals surface area contributed by atoms with Crippen LogP contribution in [0.25, 0.3) is 21.1 Å². The van der Waals surface area contributed by atoms with Crippen LogP contribution >= 0.6 is 11.3 Å². The number of benzene rings is 1. The van der Waals surface area contributed by atoms with Crippen molar-refractivity contribution in [3.05, 3.63) is 53.2 Å². The number of amides is 2. The van der Waals surface area contributed by atoms with Gasteiger partial charge in [0.1, 0.15) is 12.3 Å². The van der Waals surface area contributed by atoms with E-state index in [2.05, 4.69) is 15.6 Å². The lowest BCUT2D eigenvalue weighted by Crippen LogP contribution is -2.29. The van der Waals surface area contributed by atoms with Gasteiger partial charge in [0.25, 0.3) is 5.91 Å². The van der Waals surface area contributed by atoms with Crippen LogP contribution < -0.4 is 10.6 Å². The van der Waals surface area contributed by atoms with E-state index in [1.165, 1.54) is 23.3 Å². The summed E-state index contributed by atoms with van der Waals surface area (Å²) in [5, 5.41) is 7.00. The van der Waals surface area contributed by atoms with Crippen molar-refractivity contribution in [2.45, 2.75) is 19.2 Å². The van der Waals surface area contributed by atoms with Crippen molar-refractivity contribution in [2.75, 3.05) is 32.6 Å². The van der Waals surface area contributed by atoms with Crippen LogP contribution in [-0.4, -0.2) is 65.9 Å². The fourth-order valence-corrected chi connectivity index (χ4v) is 5.44. The number of alkyl halides is 1. The maximum absolute atomic E-state index is 14.1. The highest BCUT2D eigenvalue weighted by molar-refractivity contribution is 7.21. The summed E-state index contributed by atoms with van der Waals surface area (Å²) in [4.78, 5) is 31.6. The Morgan fingerprint density at radius 1 is 1.21 bits per heavy atom. The molecular weight excluding hydrogens is 457 g/mol. The molecule has 3 aromatic heterocycles. The summed E-state index contributed by atoms with van der Waals surface area (Å²) >= 11 is 1.33. The number of anilines is 2. The SMILES string of the molecule is CNC(=O)n1c(C)cc2cc(Nc3ccnc4cc(C(=O)N5CC(F)[C@H](OC)C5)sc34)ccc21. The summed E-state index contributed by atoms with van der Waals surface area (Å²) in [6, 6.07) is 11.2. The molecule has 2 atom stereocenters. The standard InChI is InChI=1S/C24H24FN5O3S/c1-13-8-14-9-15(4-5-19(14)30(13)24(32)26-2)28-17-6-7-27-18-10-21(34-22(17)18)23(31)29-11-16(25)20(12-29)33-3/h4-10,16,20H,11-12H2,1-3H3,(H,26,32)(H,27,28)/t16?,20-/m1/s1. The fourth-order valence-electron chi connectivity index (χ4n) is 4.39. The Labute approximate surface area is 199 Å². The molecule has 2 amide bonds. The van der Waals surface area contributed by atoms with Gasteiger partial charge in [-0.1, -0.05) is 0 Å². The number of aryl methyl sites for hydroxylation is 1. The van der Waals surface area contributed by atoms with Crippen molar-refractivity contribution in [3.8, 4) is 0 Å². The van der Waals surface area contributed by atoms with Crippen molar-refractivity contribution < 1.29 is 18.7 Å². The Morgan fingerprint density at radius 2 is 2.03 bits per heavy atom. The van der Waals surface area contributed by atoms with E-state index in [9.17, 15) is 14.0 Å². The molecule has 4 aromatic rings. The zero-order valence-electron chi connectivity index (χ0n) is 19.0. The molecule has 1 saturated heterocycles. The van der Waals surface area contributed by atoms with E-state index >= 15 is 0 Å². The average molecular weight is 482 g/mol. The number of ether oxygens (including phenoxy) is 1. The number of thiophene rings is 1. The van der Waals surface area contributed by atoms with E-state index in [-0.39, 0.29) is 25.0 Å². The Bertz CT molecular complexity index is 1410. The first-order valence-corrected chi connectivity index (χ1v) is 11.7.